The number of hydrazine groups is 1. The molecule has 166 valence electrons. The molecule has 1 fully saturated rings. The van der Waals surface area contributed by atoms with Gasteiger partial charge in [-0.3, -0.25) is 20.4 Å². The van der Waals surface area contributed by atoms with Crippen LogP contribution in [0.25, 0.3) is 5.69 Å². The molecule has 2 N–H and O–H groups in total. The van der Waals surface area contributed by atoms with Crippen LogP contribution in [0.1, 0.15) is 45.2 Å². The van der Waals surface area contributed by atoms with Gasteiger partial charge in [-0.05, 0) is 37.1 Å². The van der Waals surface area contributed by atoms with Gasteiger partial charge in [-0.1, -0.05) is 18.2 Å². The van der Waals surface area contributed by atoms with Gasteiger partial charge in [-0.25, -0.2) is 4.68 Å². The van der Waals surface area contributed by atoms with E-state index in [2.05, 4.69) is 16.0 Å². The standard InChI is InChI=1S/C23H24N4O5/c1-30-18-11-15(12-19(31-2)21(18)32-3)22(28)25-26-23(29)17-13-24-27(20(17)14-9-10-14)16-7-5-4-6-8-16/h4-8,11-14H,9-10H2,1-3H3,(H,25,28)(H,26,29). The molecular formula is C23H24N4O5. The van der Waals surface area contributed by atoms with Gasteiger partial charge in [0.15, 0.2) is 11.5 Å². The predicted octanol–water partition coefficient (Wildman–Crippen LogP) is 2.85. The third-order valence-corrected chi connectivity index (χ3v) is 5.23. The van der Waals surface area contributed by atoms with Gasteiger partial charge in [0.05, 0.1) is 44.5 Å². The van der Waals surface area contributed by atoms with Crippen molar-refractivity contribution in [2.45, 2.75) is 18.8 Å². The molecular weight excluding hydrogens is 412 g/mol. The van der Waals surface area contributed by atoms with E-state index in [4.69, 9.17) is 14.2 Å². The Balaban J connectivity index is 1.52. The summed E-state index contributed by atoms with van der Waals surface area (Å²) >= 11 is 0. The molecule has 9 nitrogen and oxygen atoms in total. The molecule has 3 aromatic rings. The molecule has 1 aromatic heterocycles. The van der Waals surface area contributed by atoms with Crippen LogP contribution in [0.15, 0.2) is 48.7 Å². The van der Waals surface area contributed by atoms with Crippen molar-refractivity contribution in [3.8, 4) is 22.9 Å². The molecule has 0 radical (unpaired) electrons. The zero-order valence-electron chi connectivity index (χ0n) is 18.0. The number of aromatic nitrogens is 2. The van der Waals surface area contributed by atoms with Gasteiger partial charge in [-0.15, -0.1) is 0 Å². The predicted molar refractivity (Wildman–Crippen MR) is 117 cm³/mol. The SMILES string of the molecule is COc1cc(C(=O)NNC(=O)c2cnn(-c3ccccc3)c2C2CC2)cc(OC)c1OC. The Kier molecular flexibility index (Phi) is 5.98. The molecule has 1 aliphatic carbocycles. The molecule has 0 atom stereocenters. The summed E-state index contributed by atoms with van der Waals surface area (Å²) in [6.07, 6.45) is 3.52. The van der Waals surface area contributed by atoms with Crippen LogP contribution < -0.4 is 25.1 Å². The highest BCUT2D eigenvalue weighted by atomic mass is 16.5. The van der Waals surface area contributed by atoms with E-state index in [0.717, 1.165) is 24.2 Å². The number of nitrogens with one attached hydrogen (secondary N) is 2. The number of methoxy groups -OCH3 is 3. The first-order valence-electron chi connectivity index (χ1n) is 10.1. The van der Waals surface area contributed by atoms with Crippen molar-refractivity contribution in [1.29, 1.82) is 0 Å². The number of para-hydroxylation sites is 1. The summed E-state index contributed by atoms with van der Waals surface area (Å²) in [6, 6.07) is 12.7. The zero-order valence-corrected chi connectivity index (χ0v) is 18.0. The number of ether oxygens (including phenoxy) is 3. The number of benzene rings is 2. The molecule has 1 aliphatic rings. The highest BCUT2D eigenvalue weighted by Crippen LogP contribution is 2.42. The normalized spacial score (nSPS) is 12.7. The number of amides is 2. The van der Waals surface area contributed by atoms with Crippen molar-refractivity contribution < 1.29 is 23.8 Å². The lowest BCUT2D eigenvalue weighted by atomic mass is 10.1. The molecule has 9 heteroatoms. The minimum atomic E-state index is -0.527. The van der Waals surface area contributed by atoms with Crippen molar-refractivity contribution in [2.75, 3.05) is 21.3 Å². The van der Waals surface area contributed by atoms with Crippen LogP contribution in [0.2, 0.25) is 0 Å². The van der Waals surface area contributed by atoms with E-state index in [0.29, 0.717) is 22.8 Å². The van der Waals surface area contributed by atoms with E-state index in [-0.39, 0.29) is 11.5 Å². The van der Waals surface area contributed by atoms with E-state index >= 15 is 0 Å². The number of hydrogen-bond acceptors (Lipinski definition) is 6. The van der Waals surface area contributed by atoms with Crippen molar-refractivity contribution >= 4 is 11.8 Å². The third kappa shape index (κ3) is 4.09. The highest BCUT2D eigenvalue weighted by molar-refractivity contribution is 6.00. The average molecular weight is 436 g/mol. The highest BCUT2D eigenvalue weighted by Gasteiger charge is 2.33. The van der Waals surface area contributed by atoms with Crippen LogP contribution in [0.4, 0.5) is 0 Å². The lowest BCUT2D eigenvalue weighted by molar-refractivity contribution is 0.0845. The fourth-order valence-electron chi connectivity index (χ4n) is 3.52. The second-order valence-corrected chi connectivity index (χ2v) is 7.29. The molecule has 2 amide bonds. The molecule has 0 saturated heterocycles. The van der Waals surface area contributed by atoms with Crippen LogP contribution >= 0.6 is 0 Å². The van der Waals surface area contributed by atoms with Crippen molar-refractivity contribution in [3.05, 3.63) is 65.5 Å². The quantitative estimate of drug-likeness (QED) is 0.552. The smallest absolute Gasteiger partial charge is 0.273 e. The molecule has 32 heavy (non-hydrogen) atoms. The first kappa shape index (κ1) is 21.2. The number of carbonyl (C=O) groups excluding carboxylic acids is 2. The van der Waals surface area contributed by atoms with Crippen LogP contribution in [0, 0.1) is 0 Å². The Morgan fingerprint density at radius 1 is 0.938 bits per heavy atom. The Morgan fingerprint density at radius 2 is 1.56 bits per heavy atom. The first-order valence-corrected chi connectivity index (χ1v) is 10.1. The maximum atomic E-state index is 12.9. The van der Waals surface area contributed by atoms with Gasteiger partial charge in [0.1, 0.15) is 0 Å². The summed E-state index contributed by atoms with van der Waals surface area (Å²) in [4.78, 5) is 25.6. The van der Waals surface area contributed by atoms with Gasteiger partial charge in [0.25, 0.3) is 11.8 Å². The van der Waals surface area contributed by atoms with E-state index in [1.165, 1.54) is 39.7 Å². The molecule has 0 spiro atoms. The van der Waals surface area contributed by atoms with Gasteiger partial charge in [-0.2, -0.15) is 5.10 Å². The Morgan fingerprint density at radius 3 is 2.12 bits per heavy atom. The zero-order chi connectivity index (χ0) is 22.7. The second kappa shape index (κ2) is 9.01. The van der Waals surface area contributed by atoms with Crippen LogP contribution in [0.3, 0.4) is 0 Å². The van der Waals surface area contributed by atoms with Gasteiger partial charge >= 0.3 is 0 Å². The second-order valence-electron chi connectivity index (χ2n) is 7.29. The fourth-order valence-corrected chi connectivity index (χ4v) is 3.52. The molecule has 1 heterocycles. The largest absolute Gasteiger partial charge is 0.493 e. The van der Waals surface area contributed by atoms with Gasteiger partial charge in [0.2, 0.25) is 5.75 Å². The maximum Gasteiger partial charge on any atom is 0.273 e. The summed E-state index contributed by atoms with van der Waals surface area (Å²) in [6.45, 7) is 0. The Hall–Kier alpha value is -4.01. The van der Waals surface area contributed by atoms with Crippen molar-refractivity contribution in [3.63, 3.8) is 0 Å². The molecule has 4 rings (SSSR count). The summed E-state index contributed by atoms with van der Waals surface area (Å²) in [5, 5.41) is 4.41. The molecule has 0 bridgehead atoms. The van der Waals surface area contributed by atoms with Gasteiger partial charge < -0.3 is 14.2 Å². The summed E-state index contributed by atoms with van der Waals surface area (Å²) in [7, 11) is 4.41. The van der Waals surface area contributed by atoms with Crippen LogP contribution in [-0.2, 0) is 0 Å². The molecule has 0 unspecified atom stereocenters. The van der Waals surface area contributed by atoms with Crippen molar-refractivity contribution in [1.82, 2.24) is 20.6 Å². The minimum absolute atomic E-state index is 0.238. The Bertz CT molecular complexity index is 1110. The maximum absolute atomic E-state index is 12.9. The lowest BCUT2D eigenvalue weighted by Gasteiger charge is -2.14. The monoisotopic (exact) mass is 436 g/mol. The number of nitrogens with zero attached hydrogens (tertiary/aromatic N) is 2. The summed E-state index contributed by atoms with van der Waals surface area (Å²) in [5.74, 6) is 0.352. The van der Waals surface area contributed by atoms with Crippen LogP contribution in [0.5, 0.6) is 17.2 Å². The fraction of sp³-hybridized carbons (Fsp3) is 0.261. The minimum Gasteiger partial charge on any atom is -0.493 e. The summed E-state index contributed by atoms with van der Waals surface area (Å²) in [5.41, 5.74) is 7.33. The third-order valence-electron chi connectivity index (χ3n) is 5.23. The van der Waals surface area contributed by atoms with Crippen molar-refractivity contribution in [2.24, 2.45) is 0 Å². The molecule has 1 saturated carbocycles. The Labute approximate surface area is 185 Å². The topological polar surface area (TPSA) is 104 Å². The van der Waals surface area contributed by atoms with E-state index in [9.17, 15) is 9.59 Å². The average Bonchev–Trinajstić information content (AvgIpc) is 3.59. The number of hydrogen-bond donors (Lipinski definition) is 2. The van der Waals surface area contributed by atoms with E-state index in [1.807, 2.05) is 30.3 Å². The number of carbonyl (C=O) groups is 2. The van der Waals surface area contributed by atoms with E-state index in [1.54, 1.807) is 4.68 Å². The van der Waals surface area contributed by atoms with Crippen LogP contribution in [-0.4, -0.2) is 42.9 Å². The lowest BCUT2D eigenvalue weighted by Crippen LogP contribution is -2.41. The van der Waals surface area contributed by atoms with Gasteiger partial charge in [0, 0.05) is 11.5 Å². The number of rotatable bonds is 7. The van der Waals surface area contributed by atoms with E-state index < -0.39 is 11.8 Å². The molecule has 2 aromatic carbocycles. The molecule has 0 aliphatic heterocycles. The summed E-state index contributed by atoms with van der Waals surface area (Å²) < 4.78 is 17.6. The first-order chi connectivity index (χ1) is 15.6.